The predicted octanol–water partition coefficient (Wildman–Crippen LogP) is 2.43. The van der Waals surface area contributed by atoms with Gasteiger partial charge >= 0.3 is 0 Å². The van der Waals surface area contributed by atoms with Crippen LogP contribution in [0.4, 0.5) is 0 Å². The first-order chi connectivity index (χ1) is 11.5. The summed E-state index contributed by atoms with van der Waals surface area (Å²) >= 11 is 0. The maximum Gasteiger partial charge on any atom is 0.281 e. The molecule has 1 amide bonds. The molecule has 0 aliphatic carbocycles. The third-order valence-electron chi connectivity index (χ3n) is 3.80. The second-order valence-electron chi connectivity index (χ2n) is 5.76. The van der Waals surface area contributed by atoms with Crippen molar-refractivity contribution in [3.05, 3.63) is 72.3 Å². The van der Waals surface area contributed by atoms with E-state index in [0.717, 1.165) is 5.56 Å². The van der Waals surface area contributed by atoms with Crippen LogP contribution in [0.5, 0.6) is 0 Å². The van der Waals surface area contributed by atoms with Crippen molar-refractivity contribution in [2.45, 2.75) is 19.4 Å². The molecule has 7 heteroatoms. The molecule has 0 unspecified atom stereocenters. The largest absolute Gasteiger partial charge is 0.285 e. The Bertz CT molecular complexity index is 814. The maximum absolute atomic E-state index is 12.5. The summed E-state index contributed by atoms with van der Waals surface area (Å²) in [5, 5.41) is 15.1. The molecule has 0 atom stereocenters. The van der Waals surface area contributed by atoms with Crippen molar-refractivity contribution in [1.82, 2.24) is 24.8 Å². The molecule has 24 heavy (non-hydrogen) atoms. The molecule has 2 heterocycles. The van der Waals surface area contributed by atoms with Gasteiger partial charge in [0.05, 0.1) is 11.1 Å². The summed E-state index contributed by atoms with van der Waals surface area (Å²) in [7, 11) is 0. The van der Waals surface area contributed by atoms with E-state index in [0.29, 0.717) is 11.0 Å². The zero-order valence-electron chi connectivity index (χ0n) is 13.4. The molecule has 0 saturated carbocycles. The first-order valence-electron chi connectivity index (χ1n) is 7.41. The van der Waals surface area contributed by atoms with Crippen LogP contribution in [0.1, 0.15) is 29.8 Å². The topological polar surface area (TPSA) is 84.1 Å². The lowest BCUT2D eigenvalue weighted by Crippen LogP contribution is -2.43. The molecular formula is C17H17N5O2. The second kappa shape index (κ2) is 6.21. The summed E-state index contributed by atoms with van der Waals surface area (Å²) in [5.41, 5.74) is 0.117. The molecule has 0 radical (unpaired) electrons. The Morgan fingerprint density at radius 3 is 2.38 bits per heavy atom. The van der Waals surface area contributed by atoms with Gasteiger partial charge in [-0.3, -0.25) is 10.0 Å². The highest BCUT2D eigenvalue weighted by Crippen LogP contribution is 2.27. The number of benzene rings is 1. The fourth-order valence-corrected chi connectivity index (χ4v) is 2.28. The Balaban J connectivity index is 1.83. The summed E-state index contributed by atoms with van der Waals surface area (Å²) in [6, 6.07) is 11.1. The van der Waals surface area contributed by atoms with Crippen LogP contribution in [-0.4, -0.2) is 35.9 Å². The van der Waals surface area contributed by atoms with Crippen molar-refractivity contribution < 1.29 is 10.0 Å². The molecule has 0 spiro atoms. The van der Waals surface area contributed by atoms with E-state index in [2.05, 4.69) is 15.1 Å². The van der Waals surface area contributed by atoms with E-state index in [1.165, 1.54) is 17.1 Å². The van der Waals surface area contributed by atoms with E-state index in [9.17, 15) is 10.0 Å². The van der Waals surface area contributed by atoms with Crippen LogP contribution in [0.3, 0.4) is 0 Å². The standard InChI is InChI=1S/C17H17N5O2/c1-17(2,14-7-4-3-5-8-14)22(24)15(23)13-11-18-16(19-12-13)21-10-6-9-20-21/h3-12,24H,1-2H3. The first kappa shape index (κ1) is 15.8. The van der Waals surface area contributed by atoms with Gasteiger partial charge in [0, 0.05) is 24.8 Å². The molecule has 3 rings (SSSR count). The Hall–Kier alpha value is -3.06. The van der Waals surface area contributed by atoms with Crippen LogP contribution in [0, 0.1) is 0 Å². The SMILES string of the molecule is CC(C)(c1ccccc1)N(O)C(=O)c1cnc(-n2cccn2)nc1. The minimum Gasteiger partial charge on any atom is -0.285 e. The lowest BCUT2D eigenvalue weighted by atomic mass is 9.93. The van der Waals surface area contributed by atoms with Gasteiger partial charge in [-0.15, -0.1) is 0 Å². The van der Waals surface area contributed by atoms with Crippen molar-refractivity contribution in [3.63, 3.8) is 0 Å². The zero-order chi connectivity index (χ0) is 17.2. The Morgan fingerprint density at radius 2 is 1.79 bits per heavy atom. The van der Waals surface area contributed by atoms with E-state index in [1.54, 1.807) is 32.3 Å². The third kappa shape index (κ3) is 2.89. The fraction of sp³-hybridized carbons (Fsp3) is 0.176. The predicted molar refractivity (Wildman–Crippen MR) is 86.6 cm³/mol. The molecule has 122 valence electrons. The quantitative estimate of drug-likeness (QED) is 0.589. The summed E-state index contributed by atoms with van der Waals surface area (Å²) < 4.78 is 1.48. The molecule has 2 aromatic heterocycles. The number of carbonyl (C=O) groups is 1. The summed E-state index contributed by atoms with van der Waals surface area (Å²) in [5.74, 6) is -0.223. The van der Waals surface area contributed by atoms with Crippen molar-refractivity contribution in [3.8, 4) is 5.95 Å². The van der Waals surface area contributed by atoms with Gasteiger partial charge in [0.25, 0.3) is 5.91 Å². The highest BCUT2D eigenvalue weighted by Gasteiger charge is 2.32. The van der Waals surface area contributed by atoms with Crippen molar-refractivity contribution in [2.24, 2.45) is 0 Å². The normalized spacial score (nSPS) is 11.3. The molecule has 1 aromatic carbocycles. The van der Waals surface area contributed by atoms with E-state index in [4.69, 9.17) is 0 Å². The second-order valence-corrected chi connectivity index (χ2v) is 5.76. The van der Waals surface area contributed by atoms with Crippen LogP contribution < -0.4 is 0 Å². The van der Waals surface area contributed by atoms with Crippen molar-refractivity contribution in [2.75, 3.05) is 0 Å². The molecule has 0 bridgehead atoms. The Morgan fingerprint density at radius 1 is 1.12 bits per heavy atom. The molecule has 7 nitrogen and oxygen atoms in total. The molecule has 1 N–H and O–H groups in total. The monoisotopic (exact) mass is 323 g/mol. The van der Waals surface area contributed by atoms with Crippen LogP contribution in [0.15, 0.2) is 61.2 Å². The zero-order valence-corrected chi connectivity index (χ0v) is 13.4. The van der Waals surface area contributed by atoms with E-state index in [1.807, 2.05) is 30.3 Å². The third-order valence-corrected chi connectivity index (χ3v) is 3.80. The Kier molecular flexibility index (Phi) is 4.09. The lowest BCUT2D eigenvalue weighted by molar-refractivity contribution is -0.124. The van der Waals surface area contributed by atoms with E-state index < -0.39 is 11.4 Å². The van der Waals surface area contributed by atoms with Gasteiger partial charge in [-0.05, 0) is 25.5 Å². The average Bonchev–Trinajstić information content (AvgIpc) is 3.16. The summed E-state index contributed by atoms with van der Waals surface area (Å²) in [4.78, 5) is 20.8. The molecular weight excluding hydrogens is 306 g/mol. The van der Waals surface area contributed by atoms with Crippen LogP contribution in [0.25, 0.3) is 5.95 Å². The van der Waals surface area contributed by atoms with Gasteiger partial charge < -0.3 is 0 Å². The highest BCUT2D eigenvalue weighted by molar-refractivity contribution is 5.93. The molecule has 0 fully saturated rings. The lowest BCUT2D eigenvalue weighted by Gasteiger charge is -2.33. The van der Waals surface area contributed by atoms with Gasteiger partial charge in [-0.1, -0.05) is 30.3 Å². The molecule has 3 aromatic rings. The number of carbonyl (C=O) groups excluding carboxylic acids is 1. The van der Waals surface area contributed by atoms with Gasteiger partial charge in [0.2, 0.25) is 5.95 Å². The van der Waals surface area contributed by atoms with Crippen molar-refractivity contribution in [1.29, 1.82) is 0 Å². The van der Waals surface area contributed by atoms with Gasteiger partial charge in [-0.2, -0.15) is 5.10 Å². The number of amides is 1. The minimum absolute atomic E-state index is 0.192. The van der Waals surface area contributed by atoms with Crippen LogP contribution >= 0.6 is 0 Å². The molecule has 0 saturated heterocycles. The fourth-order valence-electron chi connectivity index (χ4n) is 2.28. The summed E-state index contributed by atoms with van der Waals surface area (Å²) in [6.07, 6.45) is 6.06. The van der Waals surface area contributed by atoms with E-state index >= 15 is 0 Å². The number of nitrogens with zero attached hydrogens (tertiary/aromatic N) is 5. The minimum atomic E-state index is -0.890. The van der Waals surface area contributed by atoms with Gasteiger partial charge in [0.15, 0.2) is 0 Å². The number of rotatable bonds is 4. The molecule has 0 aliphatic heterocycles. The van der Waals surface area contributed by atoms with Gasteiger partial charge in [-0.25, -0.2) is 19.7 Å². The number of aromatic nitrogens is 4. The number of hydrogen-bond donors (Lipinski definition) is 1. The van der Waals surface area contributed by atoms with Crippen LogP contribution in [0.2, 0.25) is 0 Å². The number of hydroxylamine groups is 2. The number of hydrogen-bond acceptors (Lipinski definition) is 5. The molecule has 0 aliphatic rings. The van der Waals surface area contributed by atoms with Gasteiger partial charge in [0.1, 0.15) is 0 Å². The smallest absolute Gasteiger partial charge is 0.281 e. The first-order valence-corrected chi connectivity index (χ1v) is 7.41. The van der Waals surface area contributed by atoms with Crippen molar-refractivity contribution >= 4 is 5.91 Å². The van der Waals surface area contributed by atoms with Crippen LogP contribution in [-0.2, 0) is 5.54 Å². The maximum atomic E-state index is 12.5. The summed E-state index contributed by atoms with van der Waals surface area (Å²) in [6.45, 7) is 3.53. The highest BCUT2D eigenvalue weighted by atomic mass is 16.5. The average molecular weight is 323 g/mol. The van der Waals surface area contributed by atoms with E-state index in [-0.39, 0.29) is 5.56 Å². The Labute approximate surface area is 139 Å².